The van der Waals surface area contributed by atoms with Crippen LogP contribution in [0.15, 0.2) is 60.8 Å². The number of benzene rings is 2. The third-order valence-corrected chi connectivity index (χ3v) is 5.41. The quantitative estimate of drug-likeness (QED) is 0.172. The van der Waals surface area contributed by atoms with E-state index in [0.29, 0.717) is 48.6 Å². The molecule has 186 valence electrons. The van der Waals surface area contributed by atoms with E-state index in [9.17, 15) is 14.9 Å². The molecule has 1 amide bonds. The molecule has 8 nitrogen and oxygen atoms in total. The number of para-hydroxylation sites is 1. The molecule has 36 heavy (non-hydrogen) atoms. The first kappa shape index (κ1) is 26.1. The monoisotopic (exact) mass is 487 g/mol. The molecular weight excluding hydrogens is 458 g/mol. The first-order valence-corrected chi connectivity index (χ1v) is 11.6. The van der Waals surface area contributed by atoms with Crippen molar-refractivity contribution < 1.29 is 23.8 Å². The number of fused-ring (bicyclic) bond motifs is 1. The normalized spacial score (nSPS) is 11.0. The molecule has 1 aromatic heterocycles. The van der Waals surface area contributed by atoms with E-state index in [1.165, 1.54) is 13.2 Å². The summed E-state index contributed by atoms with van der Waals surface area (Å²) in [6.07, 6.45) is 6.17. The largest absolute Gasteiger partial charge is 0.490 e. The van der Waals surface area contributed by atoms with Gasteiger partial charge in [-0.3, -0.25) is 4.79 Å². The lowest BCUT2D eigenvalue weighted by molar-refractivity contribution is -0.142. The number of amides is 1. The van der Waals surface area contributed by atoms with Crippen molar-refractivity contribution in [3.63, 3.8) is 0 Å². The SMILES string of the molecule is C=CCc1cc(/C=C(/C#N)C(=O)NCCc2c[nH]c3ccccc23)cc(OCC)c1OCC(=O)OC. The summed E-state index contributed by atoms with van der Waals surface area (Å²) in [5.74, 6) is -0.210. The average Bonchev–Trinajstić information content (AvgIpc) is 3.30. The van der Waals surface area contributed by atoms with Gasteiger partial charge in [0, 0.05) is 29.2 Å². The number of nitrogens with zero attached hydrogens (tertiary/aromatic N) is 1. The highest BCUT2D eigenvalue weighted by molar-refractivity contribution is 6.01. The number of methoxy groups -OCH3 is 1. The smallest absolute Gasteiger partial charge is 0.343 e. The summed E-state index contributed by atoms with van der Waals surface area (Å²) < 4.78 is 16.0. The molecule has 0 saturated carbocycles. The number of nitrogens with one attached hydrogen (secondary N) is 2. The van der Waals surface area contributed by atoms with Gasteiger partial charge in [0.1, 0.15) is 11.6 Å². The van der Waals surface area contributed by atoms with Crippen molar-refractivity contribution in [3.8, 4) is 17.6 Å². The van der Waals surface area contributed by atoms with Crippen molar-refractivity contribution in [1.82, 2.24) is 10.3 Å². The molecule has 0 aliphatic heterocycles. The Morgan fingerprint density at radius 3 is 2.72 bits per heavy atom. The van der Waals surface area contributed by atoms with Gasteiger partial charge < -0.3 is 24.5 Å². The van der Waals surface area contributed by atoms with Crippen LogP contribution in [-0.4, -0.2) is 43.7 Å². The Bertz CT molecular complexity index is 1320. The molecule has 3 aromatic rings. The van der Waals surface area contributed by atoms with Crippen LogP contribution in [0.25, 0.3) is 17.0 Å². The number of H-pyrrole nitrogens is 1. The number of carbonyl (C=O) groups excluding carboxylic acids is 2. The minimum atomic E-state index is -0.526. The van der Waals surface area contributed by atoms with E-state index in [1.807, 2.05) is 43.5 Å². The highest BCUT2D eigenvalue weighted by atomic mass is 16.6. The molecular formula is C28H29N3O5. The van der Waals surface area contributed by atoms with Gasteiger partial charge in [-0.25, -0.2) is 4.79 Å². The fraction of sp³-hybridized carbons (Fsp3) is 0.250. The predicted octanol–water partition coefficient (Wildman–Crippen LogP) is 4.11. The van der Waals surface area contributed by atoms with Gasteiger partial charge in [0.15, 0.2) is 18.1 Å². The fourth-order valence-electron chi connectivity index (χ4n) is 3.75. The number of ether oxygens (including phenoxy) is 3. The molecule has 0 saturated heterocycles. The van der Waals surface area contributed by atoms with Crippen LogP contribution in [0.3, 0.4) is 0 Å². The second-order valence-electron chi connectivity index (χ2n) is 7.83. The van der Waals surface area contributed by atoms with Gasteiger partial charge in [0.25, 0.3) is 5.91 Å². The summed E-state index contributed by atoms with van der Waals surface area (Å²) >= 11 is 0. The van der Waals surface area contributed by atoms with Crippen molar-refractivity contribution >= 4 is 28.9 Å². The number of aromatic nitrogens is 1. The summed E-state index contributed by atoms with van der Waals surface area (Å²) in [4.78, 5) is 27.5. The van der Waals surface area contributed by atoms with Crippen LogP contribution in [0.1, 0.15) is 23.6 Å². The maximum atomic E-state index is 12.7. The number of nitriles is 1. The average molecular weight is 488 g/mol. The molecule has 0 atom stereocenters. The van der Waals surface area contributed by atoms with Crippen LogP contribution < -0.4 is 14.8 Å². The van der Waals surface area contributed by atoms with E-state index in [1.54, 1.807) is 18.2 Å². The van der Waals surface area contributed by atoms with E-state index in [2.05, 4.69) is 21.6 Å². The van der Waals surface area contributed by atoms with Crippen LogP contribution in [0.5, 0.6) is 11.5 Å². The molecule has 8 heteroatoms. The van der Waals surface area contributed by atoms with Crippen LogP contribution >= 0.6 is 0 Å². The zero-order valence-corrected chi connectivity index (χ0v) is 20.4. The number of carbonyl (C=O) groups is 2. The van der Waals surface area contributed by atoms with E-state index in [-0.39, 0.29) is 12.2 Å². The Balaban J connectivity index is 1.78. The molecule has 0 unspecified atom stereocenters. The number of esters is 1. The van der Waals surface area contributed by atoms with Gasteiger partial charge in [-0.1, -0.05) is 24.3 Å². The fourth-order valence-corrected chi connectivity index (χ4v) is 3.75. The van der Waals surface area contributed by atoms with Crippen molar-refractivity contribution in [1.29, 1.82) is 5.26 Å². The van der Waals surface area contributed by atoms with Crippen molar-refractivity contribution in [2.45, 2.75) is 19.8 Å². The zero-order valence-electron chi connectivity index (χ0n) is 20.4. The summed E-state index contributed by atoms with van der Waals surface area (Å²) in [7, 11) is 1.28. The number of allylic oxidation sites excluding steroid dienone is 1. The number of hydrogen-bond donors (Lipinski definition) is 2. The van der Waals surface area contributed by atoms with Gasteiger partial charge in [-0.05, 0) is 55.2 Å². The summed E-state index contributed by atoms with van der Waals surface area (Å²) in [6, 6.07) is 13.4. The topological polar surface area (TPSA) is 113 Å². The van der Waals surface area contributed by atoms with Gasteiger partial charge in [-0.15, -0.1) is 6.58 Å². The Morgan fingerprint density at radius 2 is 2.00 bits per heavy atom. The molecule has 0 aliphatic rings. The summed E-state index contributed by atoms with van der Waals surface area (Å²) in [5.41, 5.74) is 3.37. The van der Waals surface area contributed by atoms with E-state index < -0.39 is 11.9 Å². The van der Waals surface area contributed by atoms with E-state index in [4.69, 9.17) is 9.47 Å². The number of aromatic amines is 1. The second-order valence-corrected chi connectivity index (χ2v) is 7.83. The lowest BCUT2D eigenvalue weighted by atomic mass is 10.0. The Morgan fingerprint density at radius 1 is 1.19 bits per heavy atom. The van der Waals surface area contributed by atoms with Crippen molar-refractivity contribution in [2.24, 2.45) is 0 Å². The zero-order chi connectivity index (χ0) is 25.9. The molecule has 0 bridgehead atoms. The number of hydrogen-bond acceptors (Lipinski definition) is 6. The molecule has 0 spiro atoms. The molecule has 0 fully saturated rings. The minimum Gasteiger partial charge on any atom is -0.490 e. The maximum Gasteiger partial charge on any atom is 0.343 e. The molecule has 0 aliphatic carbocycles. The lowest BCUT2D eigenvalue weighted by Gasteiger charge is -2.16. The predicted molar refractivity (Wildman–Crippen MR) is 138 cm³/mol. The van der Waals surface area contributed by atoms with Crippen molar-refractivity contribution in [2.75, 3.05) is 26.9 Å². The van der Waals surface area contributed by atoms with Crippen molar-refractivity contribution in [3.05, 3.63) is 77.5 Å². The van der Waals surface area contributed by atoms with Gasteiger partial charge in [0.2, 0.25) is 0 Å². The highest BCUT2D eigenvalue weighted by Gasteiger charge is 2.16. The molecule has 1 heterocycles. The Hall–Kier alpha value is -4.51. The van der Waals surface area contributed by atoms with Crippen LogP contribution in [0.2, 0.25) is 0 Å². The van der Waals surface area contributed by atoms with Gasteiger partial charge in [0.05, 0.1) is 13.7 Å². The second kappa shape index (κ2) is 12.8. The number of rotatable bonds is 12. The van der Waals surface area contributed by atoms with E-state index >= 15 is 0 Å². The van der Waals surface area contributed by atoms with Gasteiger partial charge >= 0.3 is 5.97 Å². The molecule has 3 rings (SSSR count). The Labute approximate surface area is 210 Å². The highest BCUT2D eigenvalue weighted by Crippen LogP contribution is 2.34. The third kappa shape index (κ3) is 6.54. The Kier molecular flexibility index (Phi) is 9.29. The van der Waals surface area contributed by atoms with E-state index in [0.717, 1.165) is 16.5 Å². The first-order valence-electron chi connectivity index (χ1n) is 11.6. The minimum absolute atomic E-state index is 0.0378. The summed E-state index contributed by atoms with van der Waals surface area (Å²) in [5, 5.41) is 13.6. The lowest BCUT2D eigenvalue weighted by Crippen LogP contribution is -2.26. The molecule has 2 N–H and O–H groups in total. The summed E-state index contributed by atoms with van der Waals surface area (Å²) in [6.45, 7) is 6.05. The molecule has 2 aromatic carbocycles. The molecule has 0 radical (unpaired) electrons. The van der Waals surface area contributed by atoms with Crippen LogP contribution in [-0.2, 0) is 27.2 Å². The van der Waals surface area contributed by atoms with Gasteiger partial charge in [-0.2, -0.15) is 5.26 Å². The maximum absolute atomic E-state index is 12.7. The standard InChI is InChI=1S/C28H29N3O5/c1-4-8-20-13-19(15-25(35-5-2)27(20)36-18-26(32)34-3)14-22(16-29)28(33)30-12-11-21-17-31-24-10-7-6-9-23(21)24/h4,6-7,9-10,13-15,17,31H,1,5,8,11-12,18H2,2-3H3,(H,30,33)/b22-14-. The first-order chi connectivity index (χ1) is 17.5. The van der Waals surface area contributed by atoms with Crippen LogP contribution in [0, 0.1) is 11.3 Å². The van der Waals surface area contributed by atoms with Crippen LogP contribution in [0.4, 0.5) is 0 Å². The third-order valence-electron chi connectivity index (χ3n) is 5.41.